The first-order valence-corrected chi connectivity index (χ1v) is 7.99. The van der Waals surface area contributed by atoms with Crippen LogP contribution in [0.1, 0.15) is 13.8 Å². The van der Waals surface area contributed by atoms with Crippen LogP contribution < -0.4 is 5.32 Å². The van der Waals surface area contributed by atoms with Crippen LogP contribution in [-0.4, -0.2) is 42.9 Å². The van der Waals surface area contributed by atoms with Crippen LogP contribution in [0.4, 0.5) is 5.69 Å². The molecule has 0 bridgehead atoms. The van der Waals surface area contributed by atoms with Crippen LogP contribution in [0.15, 0.2) is 29.4 Å². The van der Waals surface area contributed by atoms with Crippen molar-refractivity contribution in [2.45, 2.75) is 20.0 Å². The van der Waals surface area contributed by atoms with E-state index in [0.29, 0.717) is 10.7 Å². The highest BCUT2D eigenvalue weighted by Crippen LogP contribution is 2.24. The number of nitrogens with one attached hydrogen (secondary N) is 1. The summed E-state index contributed by atoms with van der Waals surface area (Å²) in [6, 6.07) is 6.34. The van der Waals surface area contributed by atoms with Gasteiger partial charge in [-0.25, -0.2) is 9.59 Å². The van der Waals surface area contributed by atoms with Gasteiger partial charge in [0, 0.05) is 10.7 Å². The van der Waals surface area contributed by atoms with Gasteiger partial charge in [0.15, 0.2) is 5.71 Å². The molecule has 8 nitrogen and oxygen atoms in total. The fraction of sp³-hybridized carbons (Fsp3) is 0.375. The number of carbonyl (C=O) groups excluding carboxylic acids is 3. The van der Waals surface area contributed by atoms with Crippen molar-refractivity contribution in [3.05, 3.63) is 29.3 Å². The second kappa shape index (κ2) is 8.48. The van der Waals surface area contributed by atoms with Gasteiger partial charge in [-0.05, 0) is 38.1 Å². The molecule has 0 spiro atoms. The molecule has 25 heavy (non-hydrogen) atoms. The van der Waals surface area contributed by atoms with E-state index in [4.69, 9.17) is 25.9 Å². The minimum Gasteiger partial charge on any atom is -0.463 e. The molecule has 2 rings (SSSR count). The smallest absolute Gasteiger partial charge is 0.357 e. The number of benzene rings is 1. The Balaban J connectivity index is 2.22. The van der Waals surface area contributed by atoms with Gasteiger partial charge < -0.3 is 19.6 Å². The molecule has 1 aromatic rings. The van der Waals surface area contributed by atoms with Crippen molar-refractivity contribution in [2.75, 3.05) is 18.5 Å². The number of anilines is 1. The van der Waals surface area contributed by atoms with E-state index in [0.717, 1.165) is 0 Å². The maximum Gasteiger partial charge on any atom is 0.357 e. The third-order valence-corrected chi connectivity index (χ3v) is 3.51. The highest BCUT2D eigenvalue weighted by Gasteiger charge is 2.48. The summed E-state index contributed by atoms with van der Waals surface area (Å²) < 4.78 is 9.73. The number of amides is 1. The lowest BCUT2D eigenvalue weighted by Crippen LogP contribution is -2.43. The highest BCUT2D eigenvalue weighted by molar-refractivity contribution is 6.42. The van der Waals surface area contributed by atoms with Crippen LogP contribution in [0.25, 0.3) is 0 Å². The molecular weight excluding hydrogens is 352 g/mol. The highest BCUT2D eigenvalue weighted by atomic mass is 35.5. The number of rotatable bonds is 6. The Kier molecular flexibility index (Phi) is 6.35. The van der Waals surface area contributed by atoms with Gasteiger partial charge in [0.25, 0.3) is 0 Å². The van der Waals surface area contributed by atoms with Gasteiger partial charge in [0.2, 0.25) is 12.0 Å². The number of esters is 2. The predicted molar refractivity (Wildman–Crippen MR) is 89.1 cm³/mol. The molecule has 0 fully saturated rings. The second-order valence-corrected chi connectivity index (χ2v) is 5.39. The first-order chi connectivity index (χ1) is 12.0. The zero-order valence-corrected chi connectivity index (χ0v) is 14.4. The van der Waals surface area contributed by atoms with Gasteiger partial charge in [0.1, 0.15) is 5.92 Å². The summed E-state index contributed by atoms with van der Waals surface area (Å²) in [7, 11) is 0. The summed E-state index contributed by atoms with van der Waals surface area (Å²) in [4.78, 5) is 41.6. The van der Waals surface area contributed by atoms with E-state index in [1.807, 2.05) is 0 Å². The fourth-order valence-electron chi connectivity index (χ4n) is 2.16. The Labute approximate surface area is 149 Å². The van der Waals surface area contributed by atoms with Crippen molar-refractivity contribution in [3.8, 4) is 0 Å². The quantitative estimate of drug-likeness (QED) is 0.767. The van der Waals surface area contributed by atoms with Crippen molar-refractivity contribution in [3.63, 3.8) is 0 Å². The molecule has 134 valence electrons. The Morgan fingerprint density at radius 1 is 1.16 bits per heavy atom. The zero-order chi connectivity index (χ0) is 18.4. The molecule has 0 aliphatic carbocycles. The molecule has 1 aliphatic rings. The van der Waals surface area contributed by atoms with Gasteiger partial charge in [-0.2, -0.15) is 0 Å². The summed E-state index contributed by atoms with van der Waals surface area (Å²) in [5.41, 5.74) is 0.151. The minimum absolute atomic E-state index is 0.0907. The lowest BCUT2D eigenvalue weighted by molar-refractivity contribution is -0.158. The van der Waals surface area contributed by atoms with Crippen LogP contribution in [0.3, 0.4) is 0 Å². The molecule has 1 amide bonds. The summed E-state index contributed by atoms with van der Waals surface area (Å²) in [6.07, 6.45) is -1.35. The zero-order valence-electron chi connectivity index (χ0n) is 13.7. The second-order valence-electron chi connectivity index (χ2n) is 4.95. The van der Waals surface area contributed by atoms with Crippen molar-refractivity contribution in [2.24, 2.45) is 11.1 Å². The number of carbonyl (C=O) groups is 3. The monoisotopic (exact) mass is 368 g/mol. The molecule has 1 aromatic carbocycles. The number of hydrogen-bond donors (Lipinski definition) is 1. The number of hydrogen-bond acceptors (Lipinski definition) is 7. The summed E-state index contributed by atoms with van der Waals surface area (Å²) in [6.45, 7) is 3.41. The maximum absolute atomic E-state index is 12.6. The van der Waals surface area contributed by atoms with E-state index < -0.39 is 29.9 Å². The van der Waals surface area contributed by atoms with Gasteiger partial charge in [0.05, 0.1) is 13.2 Å². The molecule has 0 saturated heterocycles. The molecular formula is C16H17ClN2O6. The standard InChI is InChI=1S/C16H17ClN2O6/c1-3-23-15(21)12-11(13(25-19-12)16(22)24-4-2)14(20)18-10-7-5-9(17)6-8-10/h5-8,11,13H,3-4H2,1-2H3,(H,18,20). The van der Waals surface area contributed by atoms with E-state index in [1.54, 1.807) is 38.1 Å². The molecule has 2 unspecified atom stereocenters. The third-order valence-electron chi connectivity index (χ3n) is 3.26. The number of nitrogens with zero attached hydrogens (tertiary/aromatic N) is 1. The number of halogens is 1. The first-order valence-electron chi connectivity index (χ1n) is 7.61. The summed E-state index contributed by atoms with van der Waals surface area (Å²) >= 11 is 5.80. The van der Waals surface area contributed by atoms with Crippen LogP contribution >= 0.6 is 11.6 Å². The lowest BCUT2D eigenvalue weighted by atomic mass is 9.96. The lowest BCUT2D eigenvalue weighted by Gasteiger charge is -2.17. The van der Waals surface area contributed by atoms with Gasteiger partial charge in [-0.15, -0.1) is 0 Å². The average molecular weight is 369 g/mol. The van der Waals surface area contributed by atoms with Crippen LogP contribution in [0, 0.1) is 5.92 Å². The Morgan fingerprint density at radius 2 is 1.80 bits per heavy atom. The Morgan fingerprint density at radius 3 is 2.40 bits per heavy atom. The Hall–Kier alpha value is -2.61. The van der Waals surface area contributed by atoms with Crippen molar-refractivity contribution in [1.82, 2.24) is 0 Å². The summed E-state index contributed by atoms with van der Waals surface area (Å²) in [5.74, 6) is -3.55. The molecule has 0 radical (unpaired) electrons. The van der Waals surface area contributed by atoms with Crippen LogP contribution in [0.2, 0.25) is 5.02 Å². The van der Waals surface area contributed by atoms with E-state index >= 15 is 0 Å². The van der Waals surface area contributed by atoms with Crippen LogP contribution in [0.5, 0.6) is 0 Å². The topological polar surface area (TPSA) is 103 Å². The largest absolute Gasteiger partial charge is 0.463 e. The third kappa shape index (κ3) is 4.48. The maximum atomic E-state index is 12.6. The first kappa shape index (κ1) is 18.7. The van der Waals surface area contributed by atoms with E-state index in [1.165, 1.54) is 0 Å². The average Bonchev–Trinajstić information content (AvgIpc) is 3.02. The van der Waals surface area contributed by atoms with Crippen molar-refractivity contribution < 1.29 is 28.7 Å². The SMILES string of the molecule is CCOC(=O)C1=NOC(C(=O)OCC)C1C(=O)Nc1ccc(Cl)cc1. The minimum atomic E-state index is -1.35. The summed E-state index contributed by atoms with van der Waals surface area (Å²) in [5, 5.41) is 6.65. The van der Waals surface area contributed by atoms with Gasteiger partial charge in [-0.3, -0.25) is 4.79 Å². The van der Waals surface area contributed by atoms with Gasteiger partial charge >= 0.3 is 11.9 Å². The van der Waals surface area contributed by atoms with E-state index in [-0.39, 0.29) is 18.9 Å². The molecule has 0 saturated carbocycles. The van der Waals surface area contributed by atoms with E-state index in [9.17, 15) is 14.4 Å². The normalized spacial score (nSPS) is 18.8. The predicted octanol–water partition coefficient (Wildman–Crippen LogP) is 1.78. The molecule has 1 aliphatic heterocycles. The van der Waals surface area contributed by atoms with E-state index in [2.05, 4.69) is 10.5 Å². The molecule has 1 heterocycles. The molecule has 9 heteroatoms. The number of oxime groups is 1. The van der Waals surface area contributed by atoms with Crippen molar-refractivity contribution >= 4 is 40.8 Å². The fourth-order valence-corrected chi connectivity index (χ4v) is 2.29. The molecule has 1 N–H and O–H groups in total. The van der Waals surface area contributed by atoms with Crippen LogP contribution in [-0.2, 0) is 28.7 Å². The molecule has 2 atom stereocenters. The molecule has 0 aromatic heterocycles. The van der Waals surface area contributed by atoms with Crippen molar-refractivity contribution in [1.29, 1.82) is 0 Å². The number of ether oxygens (including phenoxy) is 2. The Bertz CT molecular complexity index is 688. The van der Waals surface area contributed by atoms with Gasteiger partial charge in [-0.1, -0.05) is 16.8 Å².